The van der Waals surface area contributed by atoms with Crippen LogP contribution in [0, 0.1) is 12.8 Å². The van der Waals surface area contributed by atoms with Crippen molar-refractivity contribution in [1.82, 2.24) is 15.1 Å². The van der Waals surface area contributed by atoms with Crippen molar-refractivity contribution >= 4 is 0 Å². The highest BCUT2D eigenvalue weighted by Gasteiger charge is 2.27. The molecule has 1 fully saturated rings. The lowest BCUT2D eigenvalue weighted by atomic mass is 9.91. The van der Waals surface area contributed by atoms with Gasteiger partial charge in [0.1, 0.15) is 0 Å². The van der Waals surface area contributed by atoms with Gasteiger partial charge in [0.05, 0.1) is 24.0 Å². The van der Waals surface area contributed by atoms with Crippen LogP contribution < -0.4 is 5.32 Å². The zero-order valence-corrected chi connectivity index (χ0v) is 12.5. The SMILES string of the molecule is CCCNC(c1cc(C)nn1CC)C1CCCOC1. The fourth-order valence-corrected chi connectivity index (χ4v) is 2.91. The molecule has 1 aliphatic rings. The minimum Gasteiger partial charge on any atom is -0.381 e. The van der Waals surface area contributed by atoms with E-state index in [9.17, 15) is 0 Å². The molecule has 4 heteroatoms. The molecular weight excluding hydrogens is 238 g/mol. The van der Waals surface area contributed by atoms with E-state index < -0.39 is 0 Å². The summed E-state index contributed by atoms with van der Waals surface area (Å²) in [5.74, 6) is 0.571. The van der Waals surface area contributed by atoms with Gasteiger partial charge >= 0.3 is 0 Å². The molecule has 0 radical (unpaired) electrons. The summed E-state index contributed by atoms with van der Waals surface area (Å²) in [6, 6.07) is 2.60. The third-order valence-electron chi connectivity index (χ3n) is 3.83. The lowest BCUT2D eigenvalue weighted by Gasteiger charge is -2.31. The highest BCUT2D eigenvalue weighted by Crippen LogP contribution is 2.29. The van der Waals surface area contributed by atoms with Crippen molar-refractivity contribution in [3.8, 4) is 0 Å². The van der Waals surface area contributed by atoms with E-state index in [1.54, 1.807) is 0 Å². The Morgan fingerprint density at radius 3 is 3.00 bits per heavy atom. The Bertz CT molecular complexity index is 383. The molecule has 2 unspecified atom stereocenters. The standard InChI is InChI=1S/C15H27N3O/c1-4-8-16-15(13-7-6-9-19-11-13)14-10-12(3)17-18(14)5-2/h10,13,15-16H,4-9,11H2,1-3H3. The molecule has 2 atom stereocenters. The van der Waals surface area contributed by atoms with Gasteiger partial charge in [0, 0.05) is 19.1 Å². The number of aryl methyl sites for hydroxylation is 2. The van der Waals surface area contributed by atoms with Crippen molar-refractivity contribution in [1.29, 1.82) is 0 Å². The molecule has 2 rings (SSSR count). The van der Waals surface area contributed by atoms with E-state index >= 15 is 0 Å². The quantitative estimate of drug-likeness (QED) is 0.859. The van der Waals surface area contributed by atoms with Crippen LogP contribution in [-0.2, 0) is 11.3 Å². The maximum Gasteiger partial charge on any atom is 0.0597 e. The van der Waals surface area contributed by atoms with Crippen LogP contribution in [0.15, 0.2) is 6.07 Å². The zero-order chi connectivity index (χ0) is 13.7. The summed E-state index contributed by atoms with van der Waals surface area (Å²) in [6.07, 6.45) is 3.58. The molecule has 1 N–H and O–H groups in total. The molecule has 1 aromatic rings. The normalized spacial score (nSPS) is 21.5. The van der Waals surface area contributed by atoms with Gasteiger partial charge in [0.15, 0.2) is 0 Å². The molecule has 0 amide bonds. The first-order valence-electron chi connectivity index (χ1n) is 7.61. The second-order valence-electron chi connectivity index (χ2n) is 5.44. The van der Waals surface area contributed by atoms with Gasteiger partial charge in [-0.15, -0.1) is 0 Å². The van der Waals surface area contributed by atoms with Crippen molar-refractivity contribution in [2.45, 2.75) is 52.6 Å². The number of rotatable bonds is 6. The summed E-state index contributed by atoms with van der Waals surface area (Å²) in [4.78, 5) is 0. The van der Waals surface area contributed by atoms with Crippen LogP contribution in [0.5, 0.6) is 0 Å². The monoisotopic (exact) mass is 265 g/mol. The van der Waals surface area contributed by atoms with Crippen LogP contribution in [0.2, 0.25) is 0 Å². The Kier molecular flexibility index (Phi) is 5.40. The Hall–Kier alpha value is -0.870. The van der Waals surface area contributed by atoms with Crippen molar-refractivity contribution in [3.05, 3.63) is 17.5 Å². The second kappa shape index (κ2) is 7.06. The Morgan fingerprint density at radius 2 is 2.37 bits per heavy atom. The van der Waals surface area contributed by atoms with E-state index in [-0.39, 0.29) is 0 Å². The highest BCUT2D eigenvalue weighted by molar-refractivity contribution is 5.15. The highest BCUT2D eigenvalue weighted by atomic mass is 16.5. The van der Waals surface area contributed by atoms with Gasteiger partial charge in [-0.1, -0.05) is 6.92 Å². The summed E-state index contributed by atoms with van der Waals surface area (Å²) in [7, 11) is 0. The molecular formula is C15H27N3O. The van der Waals surface area contributed by atoms with Gasteiger partial charge in [-0.2, -0.15) is 5.10 Å². The molecule has 4 nitrogen and oxygen atoms in total. The first-order valence-corrected chi connectivity index (χ1v) is 7.61. The van der Waals surface area contributed by atoms with E-state index in [0.717, 1.165) is 38.4 Å². The van der Waals surface area contributed by atoms with Crippen LogP contribution in [0.3, 0.4) is 0 Å². The molecule has 108 valence electrons. The van der Waals surface area contributed by atoms with Crippen LogP contribution in [0.1, 0.15) is 50.5 Å². The third-order valence-corrected chi connectivity index (χ3v) is 3.83. The molecule has 0 aliphatic carbocycles. The Morgan fingerprint density at radius 1 is 1.53 bits per heavy atom. The molecule has 1 saturated heterocycles. The van der Waals surface area contributed by atoms with Gasteiger partial charge < -0.3 is 10.1 Å². The summed E-state index contributed by atoms with van der Waals surface area (Å²) in [6.45, 7) is 10.2. The number of nitrogens with one attached hydrogen (secondary N) is 1. The van der Waals surface area contributed by atoms with Crippen molar-refractivity contribution in [2.75, 3.05) is 19.8 Å². The fraction of sp³-hybridized carbons (Fsp3) is 0.800. The molecule has 2 heterocycles. The molecule has 0 spiro atoms. The molecule has 0 saturated carbocycles. The van der Waals surface area contributed by atoms with Crippen LogP contribution >= 0.6 is 0 Å². The topological polar surface area (TPSA) is 39.1 Å². The molecule has 1 aliphatic heterocycles. The number of aromatic nitrogens is 2. The van der Waals surface area contributed by atoms with E-state index in [2.05, 4.69) is 41.9 Å². The lowest BCUT2D eigenvalue weighted by molar-refractivity contribution is 0.0377. The van der Waals surface area contributed by atoms with Gasteiger partial charge in [-0.05, 0) is 45.7 Å². The van der Waals surface area contributed by atoms with E-state index in [1.807, 2.05) is 0 Å². The first kappa shape index (κ1) is 14.5. The zero-order valence-electron chi connectivity index (χ0n) is 12.5. The predicted octanol–water partition coefficient (Wildman–Crippen LogP) is 2.68. The first-order chi connectivity index (χ1) is 9.26. The smallest absolute Gasteiger partial charge is 0.0597 e. The Labute approximate surface area is 116 Å². The van der Waals surface area contributed by atoms with Crippen LogP contribution in [0.25, 0.3) is 0 Å². The number of ether oxygens (including phenoxy) is 1. The van der Waals surface area contributed by atoms with Gasteiger partial charge in [-0.25, -0.2) is 0 Å². The molecule has 19 heavy (non-hydrogen) atoms. The summed E-state index contributed by atoms with van der Waals surface area (Å²) in [5.41, 5.74) is 2.43. The van der Waals surface area contributed by atoms with E-state index in [1.165, 1.54) is 18.5 Å². The van der Waals surface area contributed by atoms with E-state index in [4.69, 9.17) is 4.74 Å². The average molecular weight is 265 g/mol. The van der Waals surface area contributed by atoms with E-state index in [0.29, 0.717) is 12.0 Å². The van der Waals surface area contributed by atoms with Gasteiger partial charge in [0.2, 0.25) is 0 Å². The van der Waals surface area contributed by atoms with Crippen LogP contribution in [-0.4, -0.2) is 29.5 Å². The minimum absolute atomic E-state index is 0.376. The molecule has 0 aromatic carbocycles. The summed E-state index contributed by atoms with van der Waals surface area (Å²) < 4.78 is 7.81. The van der Waals surface area contributed by atoms with Gasteiger partial charge in [0.25, 0.3) is 0 Å². The molecule has 0 bridgehead atoms. The lowest BCUT2D eigenvalue weighted by Crippen LogP contribution is -2.35. The summed E-state index contributed by atoms with van der Waals surface area (Å²) >= 11 is 0. The number of nitrogens with zero attached hydrogens (tertiary/aromatic N) is 2. The van der Waals surface area contributed by atoms with Crippen molar-refractivity contribution in [2.24, 2.45) is 5.92 Å². The number of hydrogen-bond donors (Lipinski definition) is 1. The fourth-order valence-electron chi connectivity index (χ4n) is 2.91. The second-order valence-corrected chi connectivity index (χ2v) is 5.44. The van der Waals surface area contributed by atoms with Crippen molar-refractivity contribution in [3.63, 3.8) is 0 Å². The average Bonchev–Trinajstić information content (AvgIpc) is 2.81. The maximum atomic E-state index is 5.68. The predicted molar refractivity (Wildman–Crippen MR) is 77.2 cm³/mol. The third kappa shape index (κ3) is 3.57. The number of hydrogen-bond acceptors (Lipinski definition) is 3. The maximum absolute atomic E-state index is 5.68. The van der Waals surface area contributed by atoms with Crippen molar-refractivity contribution < 1.29 is 4.74 Å². The minimum atomic E-state index is 0.376. The van der Waals surface area contributed by atoms with Gasteiger partial charge in [-0.3, -0.25) is 4.68 Å². The van der Waals surface area contributed by atoms with Crippen LogP contribution in [0.4, 0.5) is 0 Å². The largest absolute Gasteiger partial charge is 0.381 e. The molecule has 1 aromatic heterocycles. The summed E-state index contributed by atoms with van der Waals surface area (Å²) in [5, 5.41) is 8.29. The Balaban J connectivity index is 2.19.